The topological polar surface area (TPSA) is 76.8 Å². The van der Waals surface area contributed by atoms with Crippen LogP contribution in [0.15, 0.2) is 30.6 Å². The van der Waals surface area contributed by atoms with Crippen LogP contribution in [0.1, 0.15) is 40.3 Å². The van der Waals surface area contributed by atoms with Gasteiger partial charge >= 0.3 is 6.18 Å². The maximum atomic E-state index is 13.1. The molecule has 3 heterocycles. The lowest BCUT2D eigenvalue weighted by Gasteiger charge is -2.33. The Kier molecular flexibility index (Phi) is 4.92. The Labute approximate surface area is 172 Å². The van der Waals surface area contributed by atoms with E-state index in [-0.39, 0.29) is 18.1 Å². The molecule has 12 heteroatoms. The van der Waals surface area contributed by atoms with E-state index in [0.29, 0.717) is 17.8 Å². The molecule has 1 atom stereocenters. The van der Waals surface area contributed by atoms with Crippen LogP contribution in [0.2, 0.25) is 5.02 Å². The Balaban J connectivity index is 1.66. The van der Waals surface area contributed by atoms with Gasteiger partial charge in [-0.15, -0.1) is 5.10 Å². The Bertz CT molecular complexity index is 1110. The maximum Gasteiger partial charge on any atom is 0.417 e. The third kappa shape index (κ3) is 3.38. The average Bonchev–Trinajstić information content (AvgIpc) is 3.13. The molecule has 0 fully saturated rings. The summed E-state index contributed by atoms with van der Waals surface area (Å²) in [7, 11) is 0. The number of amides is 1. The number of aromatic nitrogens is 5. The molecule has 0 aliphatic carbocycles. The molecule has 0 radical (unpaired) electrons. The number of hydrogen-bond acceptors (Lipinski definition) is 5. The Hall–Kier alpha value is -3.08. The van der Waals surface area contributed by atoms with Crippen LogP contribution in [-0.4, -0.2) is 42.3 Å². The van der Waals surface area contributed by atoms with E-state index in [4.69, 9.17) is 11.6 Å². The van der Waals surface area contributed by atoms with Crippen molar-refractivity contribution in [2.24, 2.45) is 0 Å². The van der Waals surface area contributed by atoms with Gasteiger partial charge in [-0.3, -0.25) is 4.79 Å². The van der Waals surface area contributed by atoms with Gasteiger partial charge in [0.2, 0.25) is 0 Å². The zero-order valence-electron chi connectivity index (χ0n) is 15.4. The maximum absolute atomic E-state index is 13.1. The zero-order valence-corrected chi connectivity index (χ0v) is 16.1. The van der Waals surface area contributed by atoms with Gasteiger partial charge in [-0.2, -0.15) is 17.9 Å². The average molecular weight is 441 g/mol. The van der Waals surface area contributed by atoms with Crippen molar-refractivity contribution in [3.63, 3.8) is 0 Å². The molecular weight excluding hydrogens is 428 g/mol. The second-order valence-corrected chi connectivity index (χ2v) is 7.00. The molecule has 1 aliphatic heterocycles. The number of nitrogens with zero attached hydrogens (tertiary/aromatic N) is 6. The summed E-state index contributed by atoms with van der Waals surface area (Å²) in [5.74, 6) is -1.12. The third-order valence-corrected chi connectivity index (χ3v) is 5.24. The molecule has 1 amide bonds. The summed E-state index contributed by atoms with van der Waals surface area (Å²) in [4.78, 5) is 22.1. The van der Waals surface area contributed by atoms with Crippen LogP contribution >= 0.6 is 11.6 Å². The molecular formula is C18H13ClF4N6O. The van der Waals surface area contributed by atoms with E-state index in [1.807, 2.05) is 0 Å². The highest BCUT2D eigenvalue weighted by molar-refractivity contribution is 6.34. The SMILES string of the molecule is C[C@@H]1c2nnn(-c3ncc(F)cn3)c2CCN1C(=O)c1cccc(C(F)(F)F)c1Cl. The first-order chi connectivity index (χ1) is 14.2. The highest BCUT2D eigenvalue weighted by Crippen LogP contribution is 2.38. The highest BCUT2D eigenvalue weighted by atomic mass is 35.5. The molecule has 0 saturated heterocycles. The minimum absolute atomic E-state index is 0.123. The van der Waals surface area contributed by atoms with Gasteiger partial charge < -0.3 is 4.90 Å². The van der Waals surface area contributed by atoms with Crippen LogP contribution in [0.5, 0.6) is 0 Å². The molecule has 3 aromatic rings. The number of carbonyl (C=O) groups is 1. The summed E-state index contributed by atoms with van der Waals surface area (Å²) in [6.07, 6.45) is -2.39. The molecule has 1 aliphatic rings. The van der Waals surface area contributed by atoms with Crippen LogP contribution in [0, 0.1) is 5.82 Å². The van der Waals surface area contributed by atoms with Crippen LogP contribution in [0.3, 0.4) is 0 Å². The van der Waals surface area contributed by atoms with E-state index >= 15 is 0 Å². The van der Waals surface area contributed by atoms with Gasteiger partial charge in [0.25, 0.3) is 11.9 Å². The second kappa shape index (κ2) is 7.31. The van der Waals surface area contributed by atoms with E-state index in [1.165, 1.54) is 15.6 Å². The van der Waals surface area contributed by atoms with Crippen molar-refractivity contribution in [2.45, 2.75) is 25.6 Å². The summed E-state index contributed by atoms with van der Waals surface area (Å²) < 4.78 is 53.8. The fourth-order valence-corrected chi connectivity index (χ4v) is 3.68. The molecule has 0 N–H and O–H groups in total. The van der Waals surface area contributed by atoms with Crippen LogP contribution in [0.25, 0.3) is 5.95 Å². The second-order valence-electron chi connectivity index (χ2n) is 6.62. The molecule has 1 aromatic carbocycles. The molecule has 0 spiro atoms. The molecule has 0 unspecified atom stereocenters. The molecule has 7 nitrogen and oxygen atoms in total. The van der Waals surface area contributed by atoms with Gasteiger partial charge in [-0.05, 0) is 19.1 Å². The number of halogens is 5. The number of fused-ring (bicyclic) bond motifs is 1. The fraction of sp³-hybridized carbons (Fsp3) is 0.278. The Morgan fingerprint density at radius 1 is 1.23 bits per heavy atom. The zero-order chi connectivity index (χ0) is 21.6. The minimum Gasteiger partial charge on any atom is -0.330 e. The van der Waals surface area contributed by atoms with E-state index in [0.717, 1.165) is 24.5 Å². The van der Waals surface area contributed by atoms with Gasteiger partial charge in [-0.25, -0.2) is 14.4 Å². The first kappa shape index (κ1) is 20.2. The largest absolute Gasteiger partial charge is 0.417 e. The first-order valence-electron chi connectivity index (χ1n) is 8.77. The van der Waals surface area contributed by atoms with Crippen LogP contribution in [-0.2, 0) is 12.6 Å². The van der Waals surface area contributed by atoms with Gasteiger partial charge in [0, 0.05) is 13.0 Å². The van der Waals surface area contributed by atoms with Crippen molar-refractivity contribution in [1.82, 2.24) is 29.9 Å². The van der Waals surface area contributed by atoms with Crippen molar-refractivity contribution in [2.75, 3.05) is 6.54 Å². The summed E-state index contributed by atoms with van der Waals surface area (Å²) in [6.45, 7) is 1.87. The van der Waals surface area contributed by atoms with Crippen LogP contribution in [0.4, 0.5) is 17.6 Å². The van der Waals surface area contributed by atoms with E-state index < -0.39 is 34.5 Å². The summed E-state index contributed by atoms with van der Waals surface area (Å²) >= 11 is 5.91. The number of hydrogen-bond donors (Lipinski definition) is 0. The monoisotopic (exact) mass is 440 g/mol. The number of alkyl halides is 3. The number of rotatable bonds is 2. The molecule has 2 aromatic heterocycles. The van der Waals surface area contributed by atoms with Crippen molar-refractivity contribution in [3.8, 4) is 5.95 Å². The molecule has 0 bridgehead atoms. The predicted molar refractivity (Wildman–Crippen MR) is 96.5 cm³/mol. The Morgan fingerprint density at radius 2 is 1.93 bits per heavy atom. The smallest absolute Gasteiger partial charge is 0.330 e. The lowest BCUT2D eigenvalue weighted by molar-refractivity contribution is -0.137. The van der Waals surface area contributed by atoms with E-state index in [2.05, 4.69) is 20.3 Å². The Morgan fingerprint density at radius 3 is 2.60 bits per heavy atom. The van der Waals surface area contributed by atoms with Gasteiger partial charge in [0.05, 0.1) is 40.3 Å². The lowest BCUT2D eigenvalue weighted by Crippen LogP contribution is -2.39. The van der Waals surface area contributed by atoms with E-state index in [9.17, 15) is 22.4 Å². The molecule has 4 rings (SSSR count). The summed E-state index contributed by atoms with van der Waals surface area (Å²) in [6, 6.07) is 2.64. The van der Waals surface area contributed by atoms with E-state index in [1.54, 1.807) is 6.92 Å². The highest BCUT2D eigenvalue weighted by Gasteiger charge is 2.37. The van der Waals surface area contributed by atoms with Crippen molar-refractivity contribution in [3.05, 3.63) is 63.9 Å². The lowest BCUT2D eigenvalue weighted by atomic mass is 10.0. The fourth-order valence-electron chi connectivity index (χ4n) is 3.36. The van der Waals surface area contributed by atoms with Crippen molar-refractivity contribution >= 4 is 17.5 Å². The first-order valence-corrected chi connectivity index (χ1v) is 9.15. The van der Waals surface area contributed by atoms with Gasteiger partial charge in [0.15, 0.2) is 5.82 Å². The van der Waals surface area contributed by atoms with Gasteiger partial charge in [0.1, 0.15) is 5.69 Å². The standard InChI is InChI=1S/C18H13ClF4N6O/c1-9-15-13(29(27-26-15)17-24-7-10(20)8-25-17)5-6-28(9)16(30)11-3-2-4-12(14(11)19)18(21,22)23/h2-4,7-9H,5-6H2,1H3/t9-/m1/s1. The summed E-state index contributed by atoms with van der Waals surface area (Å²) in [5, 5.41) is 7.42. The quantitative estimate of drug-likeness (QED) is 0.569. The van der Waals surface area contributed by atoms with Crippen molar-refractivity contribution in [1.29, 1.82) is 0 Å². The van der Waals surface area contributed by atoms with Crippen molar-refractivity contribution < 1.29 is 22.4 Å². The van der Waals surface area contributed by atoms with Gasteiger partial charge in [-0.1, -0.05) is 22.9 Å². The molecule has 0 saturated carbocycles. The normalized spacial score (nSPS) is 16.5. The third-order valence-electron chi connectivity index (χ3n) is 4.84. The number of benzene rings is 1. The minimum atomic E-state index is -4.67. The number of carbonyl (C=O) groups excluding carboxylic acids is 1. The predicted octanol–water partition coefficient (Wildman–Crippen LogP) is 3.63. The summed E-state index contributed by atoms with van der Waals surface area (Å²) in [5.41, 5.74) is -0.227. The van der Waals surface area contributed by atoms with Crippen LogP contribution < -0.4 is 0 Å². The molecule has 30 heavy (non-hydrogen) atoms. The molecule has 156 valence electrons.